The Morgan fingerprint density at radius 3 is 1.04 bits per heavy atom. The Kier molecular flexibility index (Phi) is 13.5. The molecule has 0 aromatic carbocycles. The molecule has 0 aromatic heterocycles. The molecule has 0 unspecified atom stereocenters. The first kappa shape index (κ1) is 27.9. The fraction of sp³-hybridized carbons (Fsp3) is 0.875. The molecule has 24 heavy (non-hydrogen) atoms. The smallest absolute Gasteiger partial charge is 0.132 e. The van der Waals surface area contributed by atoms with Gasteiger partial charge in [-0.3, -0.25) is 10.8 Å². The van der Waals surface area contributed by atoms with Gasteiger partial charge in [0.25, 0.3) is 0 Å². The van der Waals surface area contributed by atoms with Gasteiger partial charge in [0, 0.05) is 26.2 Å². The van der Waals surface area contributed by atoms with Gasteiger partial charge >= 0.3 is 0 Å². The van der Waals surface area contributed by atoms with E-state index in [0.717, 1.165) is 26.2 Å². The average Bonchev–Trinajstić information content (AvgIpc) is 2.47. The first-order valence-electron chi connectivity index (χ1n) is 8.19. The van der Waals surface area contributed by atoms with Crippen LogP contribution in [0.3, 0.4) is 0 Å². The molecular formula is C16H36Cl2N6. The maximum Gasteiger partial charge on any atom is 0.132 e. The average molecular weight is 383 g/mol. The summed E-state index contributed by atoms with van der Waals surface area (Å²) in [4.78, 5) is 3.95. The molecule has 0 aliphatic carbocycles. The molecule has 0 aliphatic rings. The summed E-state index contributed by atoms with van der Waals surface area (Å²) < 4.78 is 0. The van der Waals surface area contributed by atoms with Gasteiger partial charge < -0.3 is 9.80 Å². The van der Waals surface area contributed by atoms with E-state index in [1.165, 1.54) is 0 Å². The van der Waals surface area contributed by atoms with E-state index in [1.807, 2.05) is 65.2 Å². The van der Waals surface area contributed by atoms with Crippen LogP contribution in [0.4, 0.5) is 0 Å². The van der Waals surface area contributed by atoms with Gasteiger partial charge in [-0.15, -0.1) is 24.8 Å². The molecule has 0 fully saturated rings. The lowest BCUT2D eigenvalue weighted by molar-refractivity contribution is 0.399. The van der Waals surface area contributed by atoms with E-state index in [4.69, 9.17) is 10.8 Å². The quantitative estimate of drug-likeness (QED) is 0.368. The zero-order chi connectivity index (χ0) is 17.6. The van der Waals surface area contributed by atoms with Crippen LogP contribution in [0.5, 0.6) is 0 Å². The molecule has 0 bridgehead atoms. The molecule has 0 spiro atoms. The van der Waals surface area contributed by atoms with Gasteiger partial charge in [-0.05, 0) is 55.4 Å². The summed E-state index contributed by atoms with van der Waals surface area (Å²) in [6.07, 6.45) is 0. The number of amidine groups is 2. The molecule has 0 amide bonds. The highest BCUT2D eigenvalue weighted by atomic mass is 35.5. The first-order valence-corrected chi connectivity index (χ1v) is 8.19. The van der Waals surface area contributed by atoms with Crippen LogP contribution in [0.25, 0.3) is 0 Å². The molecule has 0 saturated heterocycles. The SMILES string of the molecule is CCN(CC)C(=N)C(C)(C)N=NC(C)(C)C(=N)N(CC)CC.Cl.Cl. The molecule has 0 aromatic rings. The minimum absolute atomic E-state index is 0. The van der Waals surface area contributed by atoms with Gasteiger partial charge in [-0.1, -0.05) is 0 Å². The summed E-state index contributed by atoms with van der Waals surface area (Å²) in [5, 5.41) is 25.5. The van der Waals surface area contributed by atoms with Crippen LogP contribution in [0, 0.1) is 10.8 Å². The Balaban J connectivity index is -0.00000220. The summed E-state index contributed by atoms with van der Waals surface area (Å²) in [7, 11) is 0. The van der Waals surface area contributed by atoms with Crippen molar-refractivity contribution in [2.75, 3.05) is 26.2 Å². The normalized spacial score (nSPS) is 11.5. The summed E-state index contributed by atoms with van der Waals surface area (Å²) in [6.45, 7) is 18.9. The van der Waals surface area contributed by atoms with Gasteiger partial charge in [0.1, 0.15) is 22.7 Å². The van der Waals surface area contributed by atoms with Crippen molar-refractivity contribution >= 4 is 36.5 Å². The van der Waals surface area contributed by atoms with Gasteiger partial charge in [0.2, 0.25) is 0 Å². The Hall–Kier alpha value is -0.880. The largest absolute Gasteiger partial charge is 0.359 e. The van der Waals surface area contributed by atoms with Gasteiger partial charge in [-0.25, -0.2) is 0 Å². The fourth-order valence-electron chi connectivity index (χ4n) is 2.20. The first-order chi connectivity index (χ1) is 10.1. The number of halogens is 2. The van der Waals surface area contributed by atoms with E-state index in [2.05, 4.69) is 10.2 Å². The maximum atomic E-state index is 8.33. The lowest BCUT2D eigenvalue weighted by atomic mass is 10.0. The van der Waals surface area contributed by atoms with E-state index in [9.17, 15) is 0 Å². The lowest BCUT2D eigenvalue weighted by Gasteiger charge is -2.33. The van der Waals surface area contributed by atoms with E-state index in [0.29, 0.717) is 11.7 Å². The second-order valence-electron chi connectivity index (χ2n) is 6.36. The van der Waals surface area contributed by atoms with Crippen molar-refractivity contribution in [1.29, 1.82) is 10.8 Å². The van der Waals surface area contributed by atoms with Crippen molar-refractivity contribution in [2.45, 2.75) is 66.5 Å². The monoisotopic (exact) mass is 382 g/mol. The number of likely N-dealkylation sites (N-methyl/N-ethyl adjacent to an activating group) is 2. The van der Waals surface area contributed by atoms with Gasteiger partial charge in [0.15, 0.2) is 0 Å². The molecule has 6 nitrogen and oxygen atoms in total. The van der Waals surface area contributed by atoms with Crippen molar-refractivity contribution in [3.8, 4) is 0 Å². The highest BCUT2D eigenvalue weighted by molar-refractivity contribution is 5.89. The minimum Gasteiger partial charge on any atom is -0.359 e. The molecular weight excluding hydrogens is 347 g/mol. The molecule has 0 aliphatic heterocycles. The zero-order valence-corrected chi connectivity index (χ0v) is 18.1. The molecule has 0 rings (SSSR count). The summed E-state index contributed by atoms with van der Waals surface area (Å²) in [6, 6.07) is 0. The van der Waals surface area contributed by atoms with Crippen LogP contribution in [0.15, 0.2) is 10.2 Å². The molecule has 0 heterocycles. The highest BCUT2D eigenvalue weighted by Gasteiger charge is 2.31. The molecule has 0 atom stereocenters. The highest BCUT2D eigenvalue weighted by Crippen LogP contribution is 2.20. The third kappa shape index (κ3) is 7.34. The van der Waals surface area contributed by atoms with Gasteiger partial charge in [0.05, 0.1) is 0 Å². The number of nitrogens with one attached hydrogen (secondary N) is 2. The van der Waals surface area contributed by atoms with Crippen LogP contribution >= 0.6 is 24.8 Å². The van der Waals surface area contributed by atoms with Crippen LogP contribution in [0.1, 0.15) is 55.4 Å². The molecule has 0 radical (unpaired) electrons. The minimum atomic E-state index is -0.688. The standard InChI is InChI=1S/C16H34N6.2ClH/c1-9-21(10-2)13(17)15(5,6)19-20-16(7,8)14(18)22(11-3)12-4;;/h17-18H,9-12H2,1-8H3;2*1H. The summed E-state index contributed by atoms with van der Waals surface area (Å²) >= 11 is 0. The summed E-state index contributed by atoms with van der Waals surface area (Å²) in [5.41, 5.74) is -1.38. The summed E-state index contributed by atoms with van der Waals surface area (Å²) in [5.74, 6) is 0.929. The van der Waals surface area contributed by atoms with E-state index in [-0.39, 0.29) is 24.8 Å². The van der Waals surface area contributed by atoms with Crippen LogP contribution in [-0.4, -0.2) is 58.7 Å². The van der Waals surface area contributed by atoms with Crippen molar-refractivity contribution in [1.82, 2.24) is 9.80 Å². The predicted molar refractivity (Wildman–Crippen MR) is 109 cm³/mol. The number of nitrogens with zero attached hydrogens (tertiary/aromatic N) is 4. The van der Waals surface area contributed by atoms with Crippen molar-refractivity contribution in [3.05, 3.63) is 0 Å². The van der Waals surface area contributed by atoms with Crippen LogP contribution in [0.2, 0.25) is 0 Å². The topological polar surface area (TPSA) is 78.9 Å². The van der Waals surface area contributed by atoms with Gasteiger partial charge in [-0.2, -0.15) is 10.2 Å². The number of rotatable bonds is 8. The number of hydrogen-bond acceptors (Lipinski definition) is 4. The molecule has 0 saturated carbocycles. The van der Waals surface area contributed by atoms with E-state index >= 15 is 0 Å². The Morgan fingerprint density at radius 1 is 0.667 bits per heavy atom. The van der Waals surface area contributed by atoms with Crippen molar-refractivity contribution in [3.63, 3.8) is 0 Å². The lowest BCUT2D eigenvalue weighted by Crippen LogP contribution is -2.45. The zero-order valence-electron chi connectivity index (χ0n) is 16.4. The third-order valence-corrected chi connectivity index (χ3v) is 3.87. The second kappa shape index (κ2) is 11.6. The fourth-order valence-corrected chi connectivity index (χ4v) is 2.20. The van der Waals surface area contributed by atoms with E-state index in [1.54, 1.807) is 0 Å². The van der Waals surface area contributed by atoms with E-state index < -0.39 is 11.1 Å². The Bertz CT molecular complexity index is 375. The predicted octanol–water partition coefficient (Wildman–Crippen LogP) is 4.48. The van der Waals surface area contributed by atoms with Crippen LogP contribution < -0.4 is 0 Å². The maximum absolute atomic E-state index is 8.33. The molecule has 8 heteroatoms. The Morgan fingerprint density at radius 2 is 0.875 bits per heavy atom. The number of hydrogen-bond donors (Lipinski definition) is 2. The molecule has 2 N–H and O–H groups in total. The second-order valence-corrected chi connectivity index (χ2v) is 6.36. The van der Waals surface area contributed by atoms with Crippen molar-refractivity contribution < 1.29 is 0 Å². The van der Waals surface area contributed by atoms with Crippen LogP contribution in [-0.2, 0) is 0 Å². The van der Waals surface area contributed by atoms with Crippen molar-refractivity contribution in [2.24, 2.45) is 10.2 Å². The third-order valence-electron chi connectivity index (χ3n) is 3.87. The number of azo groups is 1. The Labute approximate surface area is 160 Å². The molecule has 144 valence electrons.